The van der Waals surface area contributed by atoms with Crippen LogP contribution in [0.4, 0.5) is 0 Å². The van der Waals surface area contributed by atoms with Gasteiger partial charge >= 0.3 is 5.97 Å². The van der Waals surface area contributed by atoms with Crippen molar-refractivity contribution in [1.82, 2.24) is 0 Å². The number of hydrogen-bond acceptors (Lipinski definition) is 3. The topological polar surface area (TPSA) is 35.5 Å². The number of ether oxygens (including phenoxy) is 2. The van der Waals surface area contributed by atoms with Gasteiger partial charge in [0.25, 0.3) is 0 Å². The molecule has 3 unspecified atom stereocenters. The van der Waals surface area contributed by atoms with E-state index < -0.39 is 0 Å². The van der Waals surface area contributed by atoms with Crippen LogP contribution in [-0.2, 0) is 14.3 Å². The fraction of sp³-hybridized carbons (Fsp3) is 0.727. The van der Waals surface area contributed by atoms with E-state index in [-0.39, 0.29) is 17.7 Å². The molecule has 1 aliphatic rings. The standard InChI is InChI=1S/C11H18O3/c1-7(2)10(12)14-9(4)11(5)8(3)6-13-11/h8-9H,1,6H2,2-5H3. The number of carbonyl (C=O) groups is 1. The summed E-state index contributed by atoms with van der Waals surface area (Å²) in [7, 11) is 0. The van der Waals surface area contributed by atoms with Crippen molar-refractivity contribution in [3.8, 4) is 0 Å². The van der Waals surface area contributed by atoms with Crippen LogP contribution in [0.25, 0.3) is 0 Å². The fourth-order valence-electron chi connectivity index (χ4n) is 1.41. The Bertz CT molecular complexity index is 259. The predicted molar refractivity (Wildman–Crippen MR) is 53.9 cm³/mol. The molecule has 0 radical (unpaired) electrons. The zero-order valence-corrected chi connectivity index (χ0v) is 9.29. The zero-order valence-electron chi connectivity index (χ0n) is 9.29. The van der Waals surface area contributed by atoms with Gasteiger partial charge in [0.15, 0.2) is 0 Å². The Morgan fingerprint density at radius 1 is 1.71 bits per heavy atom. The molecular weight excluding hydrogens is 180 g/mol. The van der Waals surface area contributed by atoms with Crippen molar-refractivity contribution in [2.24, 2.45) is 5.92 Å². The molecular formula is C11H18O3. The third kappa shape index (κ3) is 1.82. The average molecular weight is 198 g/mol. The molecule has 3 atom stereocenters. The summed E-state index contributed by atoms with van der Waals surface area (Å²) in [5, 5.41) is 0. The highest BCUT2D eigenvalue weighted by molar-refractivity contribution is 5.87. The summed E-state index contributed by atoms with van der Waals surface area (Å²) in [4.78, 5) is 11.3. The number of rotatable bonds is 3. The van der Waals surface area contributed by atoms with Gasteiger partial charge in [-0.25, -0.2) is 4.79 Å². The second-order valence-electron chi connectivity index (χ2n) is 4.22. The van der Waals surface area contributed by atoms with Crippen molar-refractivity contribution in [3.63, 3.8) is 0 Å². The highest BCUT2D eigenvalue weighted by Crippen LogP contribution is 2.36. The minimum Gasteiger partial charge on any atom is -0.456 e. The normalized spacial score (nSPS) is 33.0. The third-order valence-corrected chi connectivity index (χ3v) is 3.06. The lowest BCUT2D eigenvalue weighted by atomic mass is 9.81. The smallest absolute Gasteiger partial charge is 0.333 e. The van der Waals surface area contributed by atoms with E-state index in [1.807, 2.05) is 13.8 Å². The van der Waals surface area contributed by atoms with E-state index in [1.165, 1.54) is 0 Å². The molecule has 0 aromatic rings. The first-order valence-electron chi connectivity index (χ1n) is 4.88. The van der Waals surface area contributed by atoms with Gasteiger partial charge in [-0.3, -0.25) is 0 Å². The molecule has 0 saturated carbocycles. The van der Waals surface area contributed by atoms with Gasteiger partial charge in [-0.05, 0) is 20.8 Å². The molecule has 14 heavy (non-hydrogen) atoms. The highest BCUT2D eigenvalue weighted by Gasteiger charge is 2.47. The van der Waals surface area contributed by atoms with E-state index in [2.05, 4.69) is 13.5 Å². The monoisotopic (exact) mass is 198 g/mol. The number of carbonyl (C=O) groups excluding carboxylic acids is 1. The first-order valence-corrected chi connectivity index (χ1v) is 4.88. The van der Waals surface area contributed by atoms with Crippen LogP contribution in [0.2, 0.25) is 0 Å². The molecule has 0 amide bonds. The van der Waals surface area contributed by atoms with E-state index in [0.717, 1.165) is 6.61 Å². The molecule has 1 aliphatic heterocycles. The number of hydrogen-bond donors (Lipinski definition) is 0. The second-order valence-corrected chi connectivity index (χ2v) is 4.22. The lowest BCUT2D eigenvalue weighted by Gasteiger charge is -2.48. The number of esters is 1. The summed E-state index contributed by atoms with van der Waals surface area (Å²) in [6.07, 6.45) is -0.226. The maximum absolute atomic E-state index is 11.3. The van der Waals surface area contributed by atoms with Crippen LogP contribution < -0.4 is 0 Å². The Morgan fingerprint density at radius 2 is 2.29 bits per heavy atom. The summed E-state index contributed by atoms with van der Waals surface area (Å²) in [6, 6.07) is 0. The van der Waals surface area contributed by atoms with Crippen molar-refractivity contribution < 1.29 is 14.3 Å². The predicted octanol–water partition coefficient (Wildman–Crippen LogP) is 1.92. The van der Waals surface area contributed by atoms with E-state index in [9.17, 15) is 4.79 Å². The van der Waals surface area contributed by atoms with Gasteiger partial charge in [-0.2, -0.15) is 0 Å². The summed E-state index contributed by atoms with van der Waals surface area (Å²) in [5.74, 6) is 0.0804. The van der Waals surface area contributed by atoms with Crippen molar-refractivity contribution in [3.05, 3.63) is 12.2 Å². The Balaban J connectivity index is 2.54. The van der Waals surface area contributed by atoms with Crippen molar-refractivity contribution in [2.45, 2.75) is 39.4 Å². The molecule has 3 nitrogen and oxygen atoms in total. The molecule has 0 N–H and O–H groups in total. The lowest BCUT2D eigenvalue weighted by molar-refractivity contribution is -0.238. The largest absolute Gasteiger partial charge is 0.456 e. The van der Waals surface area contributed by atoms with Crippen molar-refractivity contribution >= 4 is 5.97 Å². The molecule has 1 saturated heterocycles. The summed E-state index contributed by atoms with van der Waals surface area (Å²) in [6.45, 7) is 11.8. The fourth-order valence-corrected chi connectivity index (χ4v) is 1.41. The zero-order chi connectivity index (χ0) is 10.9. The minimum atomic E-state index is -0.346. The van der Waals surface area contributed by atoms with Gasteiger partial charge in [0.05, 0.1) is 6.61 Å². The Labute approximate surface area is 85.1 Å². The molecule has 1 rings (SSSR count). The van der Waals surface area contributed by atoms with Crippen LogP contribution in [-0.4, -0.2) is 24.3 Å². The molecule has 1 fully saturated rings. The second kappa shape index (κ2) is 3.73. The van der Waals surface area contributed by atoms with Gasteiger partial charge in [0.1, 0.15) is 11.7 Å². The van der Waals surface area contributed by atoms with Gasteiger partial charge in [0, 0.05) is 11.5 Å². The first kappa shape index (κ1) is 11.2. The average Bonchev–Trinajstić information content (AvgIpc) is 2.13. The molecule has 0 bridgehead atoms. The van der Waals surface area contributed by atoms with Gasteiger partial charge in [0.2, 0.25) is 0 Å². The molecule has 0 aromatic carbocycles. The van der Waals surface area contributed by atoms with Crippen LogP contribution in [0, 0.1) is 5.92 Å². The van der Waals surface area contributed by atoms with Crippen LogP contribution in [0.1, 0.15) is 27.7 Å². The van der Waals surface area contributed by atoms with Crippen molar-refractivity contribution in [2.75, 3.05) is 6.61 Å². The van der Waals surface area contributed by atoms with E-state index >= 15 is 0 Å². The van der Waals surface area contributed by atoms with E-state index in [4.69, 9.17) is 9.47 Å². The minimum absolute atomic E-state index is 0.226. The molecule has 0 aliphatic carbocycles. The maximum atomic E-state index is 11.3. The molecule has 0 aromatic heterocycles. The summed E-state index contributed by atoms with van der Waals surface area (Å²) >= 11 is 0. The van der Waals surface area contributed by atoms with Gasteiger partial charge in [-0.15, -0.1) is 0 Å². The Morgan fingerprint density at radius 3 is 2.57 bits per heavy atom. The maximum Gasteiger partial charge on any atom is 0.333 e. The van der Waals surface area contributed by atoms with Gasteiger partial charge in [-0.1, -0.05) is 13.5 Å². The van der Waals surface area contributed by atoms with Crippen molar-refractivity contribution in [1.29, 1.82) is 0 Å². The molecule has 80 valence electrons. The van der Waals surface area contributed by atoms with Crippen LogP contribution >= 0.6 is 0 Å². The molecule has 0 spiro atoms. The summed E-state index contributed by atoms with van der Waals surface area (Å²) in [5.41, 5.74) is 0.0953. The first-order chi connectivity index (χ1) is 6.38. The SMILES string of the molecule is C=C(C)C(=O)OC(C)C1(C)OCC1C. The highest BCUT2D eigenvalue weighted by atomic mass is 16.6. The quantitative estimate of drug-likeness (QED) is 0.513. The lowest BCUT2D eigenvalue weighted by Crippen LogP contribution is -2.58. The Hall–Kier alpha value is -0.830. The van der Waals surface area contributed by atoms with E-state index in [1.54, 1.807) is 6.92 Å². The van der Waals surface area contributed by atoms with Gasteiger partial charge < -0.3 is 9.47 Å². The summed E-state index contributed by atoms with van der Waals surface area (Å²) < 4.78 is 10.7. The third-order valence-electron chi connectivity index (χ3n) is 3.06. The molecule has 1 heterocycles. The van der Waals surface area contributed by atoms with Crippen LogP contribution in [0.3, 0.4) is 0 Å². The molecule has 3 heteroatoms. The van der Waals surface area contributed by atoms with Crippen LogP contribution in [0.5, 0.6) is 0 Å². The van der Waals surface area contributed by atoms with E-state index in [0.29, 0.717) is 11.5 Å². The van der Waals surface area contributed by atoms with Crippen LogP contribution in [0.15, 0.2) is 12.2 Å². The Kier molecular flexibility index (Phi) is 3.00.